The first kappa shape index (κ1) is 26.6. The molecule has 0 fully saturated rings. The summed E-state index contributed by atoms with van der Waals surface area (Å²) in [5.41, 5.74) is 9.45. The van der Waals surface area contributed by atoms with Crippen LogP contribution in [0.4, 0.5) is 5.95 Å². The number of hydrogen-bond acceptors (Lipinski definition) is 5. The van der Waals surface area contributed by atoms with Crippen molar-refractivity contribution in [2.45, 2.75) is 79.2 Å². The molecule has 2 aromatic heterocycles. The quantitative estimate of drug-likeness (QED) is 0.417. The van der Waals surface area contributed by atoms with Gasteiger partial charge < -0.3 is 14.7 Å². The Morgan fingerprint density at radius 1 is 1.14 bits per heavy atom. The lowest BCUT2D eigenvalue weighted by atomic mass is 10.1. The second kappa shape index (κ2) is 9.94. The molecule has 0 spiro atoms. The molecule has 3 rings (SSSR count). The lowest BCUT2D eigenvalue weighted by molar-refractivity contribution is 0.0995. The third kappa shape index (κ3) is 5.65. The summed E-state index contributed by atoms with van der Waals surface area (Å²) in [4.78, 5) is 29.7. The number of anilines is 1. The number of amides is 2. The molecule has 0 atom stereocenters. The van der Waals surface area contributed by atoms with Crippen LogP contribution in [0, 0.1) is 13.8 Å². The molecule has 3 N–H and O–H groups in total. The van der Waals surface area contributed by atoms with E-state index in [-0.39, 0.29) is 10.9 Å². The topological polar surface area (TPSA) is 117 Å². The molecular formula is C25H38N6O3Si. The van der Waals surface area contributed by atoms with E-state index >= 15 is 0 Å². The van der Waals surface area contributed by atoms with Gasteiger partial charge in [-0.1, -0.05) is 27.7 Å². The van der Waals surface area contributed by atoms with Crippen molar-refractivity contribution in [1.29, 1.82) is 0 Å². The van der Waals surface area contributed by atoms with E-state index in [0.29, 0.717) is 42.4 Å². The van der Waals surface area contributed by atoms with Crippen LogP contribution in [0.5, 0.6) is 0 Å². The number of primary amides is 1. The van der Waals surface area contributed by atoms with Crippen LogP contribution in [-0.2, 0) is 17.5 Å². The standard InChI is InChI=1S/C25H38N6O3Si/c1-9-10-30-21-16(2)13-18(22(26)32)15-19(21)27-24(30)28-23(33)20-14-17(3)29-31(20)11-12-34-35(7,8)25(4,5)6/h13-15H,9-12H2,1-8H3,(H2,26,32)(H,27,28,33). The van der Waals surface area contributed by atoms with Crippen molar-refractivity contribution in [1.82, 2.24) is 19.3 Å². The summed E-state index contributed by atoms with van der Waals surface area (Å²) >= 11 is 0. The summed E-state index contributed by atoms with van der Waals surface area (Å²) in [5.74, 6) is -0.372. The van der Waals surface area contributed by atoms with Gasteiger partial charge in [0.25, 0.3) is 5.91 Å². The second-order valence-electron chi connectivity index (χ2n) is 10.6. The van der Waals surface area contributed by atoms with Crippen LogP contribution in [0.1, 0.15) is 66.2 Å². The zero-order valence-corrected chi connectivity index (χ0v) is 23.2. The Labute approximate surface area is 208 Å². The third-order valence-corrected chi connectivity index (χ3v) is 11.2. The maximum Gasteiger partial charge on any atom is 0.276 e. The highest BCUT2D eigenvalue weighted by molar-refractivity contribution is 6.74. The lowest BCUT2D eigenvalue weighted by Crippen LogP contribution is -2.41. The van der Waals surface area contributed by atoms with E-state index in [9.17, 15) is 9.59 Å². The number of imidazole rings is 1. The molecule has 2 heterocycles. The van der Waals surface area contributed by atoms with Gasteiger partial charge in [-0.15, -0.1) is 0 Å². The molecular weight excluding hydrogens is 460 g/mol. The second-order valence-corrected chi connectivity index (χ2v) is 15.4. The first-order valence-electron chi connectivity index (χ1n) is 12.1. The largest absolute Gasteiger partial charge is 0.415 e. The fourth-order valence-electron chi connectivity index (χ4n) is 3.82. The van der Waals surface area contributed by atoms with Crippen LogP contribution in [-0.4, -0.2) is 46.1 Å². The smallest absolute Gasteiger partial charge is 0.276 e. The van der Waals surface area contributed by atoms with Gasteiger partial charge in [-0.2, -0.15) is 5.10 Å². The third-order valence-electron chi connectivity index (χ3n) is 6.70. The predicted octanol–water partition coefficient (Wildman–Crippen LogP) is 4.63. The van der Waals surface area contributed by atoms with Crippen LogP contribution in [0.25, 0.3) is 11.0 Å². The molecule has 0 saturated carbocycles. The molecule has 0 aliphatic heterocycles. The number of hydrogen-bond donors (Lipinski definition) is 2. The van der Waals surface area contributed by atoms with E-state index in [1.54, 1.807) is 22.9 Å². The average molecular weight is 499 g/mol. The summed E-state index contributed by atoms with van der Waals surface area (Å²) in [6, 6.07) is 5.19. The Bertz CT molecular complexity index is 1250. The molecule has 1 aromatic carbocycles. The number of fused-ring (bicyclic) bond motifs is 1. The van der Waals surface area contributed by atoms with Crippen molar-refractivity contribution in [3.05, 3.63) is 40.7 Å². The van der Waals surface area contributed by atoms with Crippen molar-refractivity contribution in [3.63, 3.8) is 0 Å². The number of rotatable bonds is 9. The Balaban J connectivity index is 1.87. The van der Waals surface area contributed by atoms with Gasteiger partial charge in [-0.25, -0.2) is 4.98 Å². The Morgan fingerprint density at radius 3 is 2.43 bits per heavy atom. The molecule has 0 saturated heterocycles. The zero-order chi connectivity index (χ0) is 26.1. The summed E-state index contributed by atoms with van der Waals surface area (Å²) in [6.07, 6.45) is 0.854. The average Bonchev–Trinajstić information content (AvgIpc) is 3.27. The minimum Gasteiger partial charge on any atom is -0.415 e. The number of nitrogens with two attached hydrogens (primary N) is 1. The van der Waals surface area contributed by atoms with Gasteiger partial charge in [-0.05, 0) is 62.2 Å². The van der Waals surface area contributed by atoms with Crippen LogP contribution in [0.3, 0.4) is 0 Å². The fraction of sp³-hybridized carbons (Fsp3) is 0.520. The Morgan fingerprint density at radius 2 is 1.83 bits per heavy atom. The molecule has 0 bridgehead atoms. The lowest BCUT2D eigenvalue weighted by Gasteiger charge is -2.36. The molecule has 0 aliphatic rings. The van der Waals surface area contributed by atoms with E-state index in [1.165, 1.54) is 0 Å². The molecule has 35 heavy (non-hydrogen) atoms. The Kier molecular flexibility index (Phi) is 7.56. The highest BCUT2D eigenvalue weighted by atomic mass is 28.4. The molecule has 0 aliphatic carbocycles. The highest BCUT2D eigenvalue weighted by Crippen LogP contribution is 2.36. The number of aryl methyl sites for hydroxylation is 3. The van der Waals surface area contributed by atoms with Crippen LogP contribution in [0.2, 0.25) is 18.1 Å². The maximum atomic E-state index is 13.3. The van der Waals surface area contributed by atoms with Gasteiger partial charge in [0.15, 0.2) is 8.32 Å². The van der Waals surface area contributed by atoms with Crippen molar-refractivity contribution in [2.24, 2.45) is 5.73 Å². The number of carbonyl (C=O) groups is 2. The number of nitrogens with one attached hydrogen (secondary N) is 1. The number of aromatic nitrogens is 4. The van der Waals surface area contributed by atoms with E-state index in [1.807, 2.05) is 18.4 Å². The zero-order valence-electron chi connectivity index (χ0n) is 22.2. The number of carbonyl (C=O) groups excluding carboxylic acids is 2. The summed E-state index contributed by atoms with van der Waals surface area (Å²) < 4.78 is 9.96. The van der Waals surface area contributed by atoms with E-state index in [2.05, 4.69) is 56.2 Å². The molecule has 10 heteroatoms. The number of nitrogens with zero attached hydrogens (tertiary/aromatic N) is 4. The van der Waals surface area contributed by atoms with Gasteiger partial charge in [0, 0.05) is 12.1 Å². The fourth-order valence-corrected chi connectivity index (χ4v) is 4.86. The number of benzene rings is 1. The molecule has 0 radical (unpaired) electrons. The molecule has 2 amide bonds. The first-order chi connectivity index (χ1) is 16.2. The van der Waals surface area contributed by atoms with E-state index in [4.69, 9.17) is 10.2 Å². The normalized spacial score (nSPS) is 12.3. The van der Waals surface area contributed by atoms with Crippen molar-refractivity contribution in [3.8, 4) is 0 Å². The summed E-state index contributed by atoms with van der Waals surface area (Å²) in [6.45, 7) is 18.5. The van der Waals surface area contributed by atoms with Crippen LogP contribution >= 0.6 is 0 Å². The SMILES string of the molecule is CCCn1c(NC(=O)c2cc(C)nn2CCO[Si](C)(C)C(C)(C)C)nc2cc(C(N)=O)cc(C)c21. The van der Waals surface area contributed by atoms with Crippen molar-refractivity contribution in [2.75, 3.05) is 11.9 Å². The molecule has 190 valence electrons. The van der Waals surface area contributed by atoms with Crippen LogP contribution < -0.4 is 11.1 Å². The van der Waals surface area contributed by atoms with Gasteiger partial charge in [0.1, 0.15) is 5.69 Å². The van der Waals surface area contributed by atoms with Gasteiger partial charge in [0.2, 0.25) is 11.9 Å². The molecule has 0 unspecified atom stereocenters. The van der Waals surface area contributed by atoms with Crippen LogP contribution in [0.15, 0.2) is 18.2 Å². The molecule has 9 nitrogen and oxygen atoms in total. The van der Waals surface area contributed by atoms with Crippen molar-refractivity contribution >= 4 is 37.1 Å². The predicted molar refractivity (Wildman–Crippen MR) is 141 cm³/mol. The molecule has 3 aromatic rings. The first-order valence-corrected chi connectivity index (χ1v) is 15.0. The van der Waals surface area contributed by atoms with Gasteiger partial charge >= 0.3 is 0 Å². The Hall–Kier alpha value is -2.98. The maximum absolute atomic E-state index is 13.3. The van der Waals surface area contributed by atoms with Crippen molar-refractivity contribution < 1.29 is 14.0 Å². The van der Waals surface area contributed by atoms with Gasteiger partial charge in [-0.3, -0.25) is 19.6 Å². The van der Waals surface area contributed by atoms with Gasteiger partial charge in [0.05, 0.1) is 29.9 Å². The monoisotopic (exact) mass is 498 g/mol. The minimum atomic E-state index is -1.90. The summed E-state index contributed by atoms with van der Waals surface area (Å²) in [5, 5.41) is 7.59. The summed E-state index contributed by atoms with van der Waals surface area (Å²) in [7, 11) is -1.90. The van der Waals surface area contributed by atoms with E-state index in [0.717, 1.165) is 23.2 Å². The van der Waals surface area contributed by atoms with E-state index < -0.39 is 14.2 Å². The minimum absolute atomic E-state index is 0.109. The highest BCUT2D eigenvalue weighted by Gasteiger charge is 2.37.